The highest BCUT2D eigenvalue weighted by Gasteiger charge is 2.41. The molecular formula is C13H21NO4. The van der Waals surface area contributed by atoms with Crippen LogP contribution < -0.4 is 5.32 Å². The summed E-state index contributed by atoms with van der Waals surface area (Å²) in [5, 5.41) is 11.7. The summed E-state index contributed by atoms with van der Waals surface area (Å²) >= 11 is 0. The van der Waals surface area contributed by atoms with Crippen LogP contribution in [0.3, 0.4) is 0 Å². The summed E-state index contributed by atoms with van der Waals surface area (Å²) in [7, 11) is 0. The molecule has 1 amide bonds. The fourth-order valence-corrected chi connectivity index (χ4v) is 2.63. The zero-order chi connectivity index (χ0) is 13.0. The van der Waals surface area contributed by atoms with E-state index in [2.05, 4.69) is 5.32 Å². The highest BCUT2D eigenvalue weighted by atomic mass is 16.5. The highest BCUT2D eigenvalue weighted by molar-refractivity contribution is 5.86. The minimum absolute atomic E-state index is 0.107. The lowest BCUT2D eigenvalue weighted by molar-refractivity contribution is -0.152. The molecule has 1 aliphatic carbocycles. The zero-order valence-corrected chi connectivity index (χ0v) is 10.6. The third-order valence-electron chi connectivity index (χ3n) is 3.97. The van der Waals surface area contributed by atoms with E-state index in [1.165, 1.54) is 6.42 Å². The largest absolute Gasteiger partial charge is 0.481 e. The van der Waals surface area contributed by atoms with Crippen LogP contribution in [0.4, 0.5) is 0 Å². The predicted molar refractivity (Wildman–Crippen MR) is 65.1 cm³/mol. The van der Waals surface area contributed by atoms with E-state index in [4.69, 9.17) is 9.84 Å². The van der Waals surface area contributed by atoms with Crippen molar-refractivity contribution in [2.24, 2.45) is 11.8 Å². The summed E-state index contributed by atoms with van der Waals surface area (Å²) in [6.07, 6.45) is 5.80. The number of carbonyl (C=O) groups is 2. The lowest BCUT2D eigenvalue weighted by atomic mass is 9.73. The third-order valence-corrected chi connectivity index (χ3v) is 3.97. The lowest BCUT2D eigenvalue weighted by Gasteiger charge is -2.32. The molecule has 2 aliphatic rings. The van der Waals surface area contributed by atoms with Crippen LogP contribution in [0.5, 0.6) is 0 Å². The van der Waals surface area contributed by atoms with E-state index in [0.717, 1.165) is 25.9 Å². The van der Waals surface area contributed by atoms with Gasteiger partial charge >= 0.3 is 5.97 Å². The maximum absolute atomic E-state index is 11.8. The molecule has 0 radical (unpaired) electrons. The number of amides is 1. The second-order valence-corrected chi connectivity index (χ2v) is 5.20. The Balaban J connectivity index is 1.64. The number of hydrogen-bond acceptors (Lipinski definition) is 3. The van der Waals surface area contributed by atoms with Gasteiger partial charge in [-0.25, -0.2) is 0 Å². The maximum atomic E-state index is 11.8. The molecular weight excluding hydrogens is 234 g/mol. The van der Waals surface area contributed by atoms with Gasteiger partial charge in [-0.05, 0) is 38.5 Å². The average molecular weight is 255 g/mol. The first-order valence-electron chi connectivity index (χ1n) is 6.80. The van der Waals surface area contributed by atoms with Crippen LogP contribution in [0.2, 0.25) is 0 Å². The molecule has 0 spiro atoms. The van der Waals surface area contributed by atoms with Crippen LogP contribution in [-0.4, -0.2) is 36.2 Å². The Morgan fingerprint density at radius 1 is 1.17 bits per heavy atom. The minimum atomic E-state index is -0.850. The highest BCUT2D eigenvalue weighted by Crippen LogP contribution is 2.34. The first-order valence-corrected chi connectivity index (χ1v) is 6.80. The number of aliphatic carboxylic acids is 1. The van der Waals surface area contributed by atoms with E-state index in [0.29, 0.717) is 19.4 Å². The Hall–Kier alpha value is -1.10. The molecule has 3 unspecified atom stereocenters. The number of ether oxygens (including phenoxy) is 1. The van der Waals surface area contributed by atoms with Crippen molar-refractivity contribution in [3.05, 3.63) is 0 Å². The maximum Gasteiger partial charge on any atom is 0.307 e. The number of carboxylic acids is 1. The molecule has 1 saturated heterocycles. The van der Waals surface area contributed by atoms with Crippen molar-refractivity contribution in [1.29, 1.82) is 0 Å². The summed E-state index contributed by atoms with van der Waals surface area (Å²) < 4.78 is 5.57. The number of hydrogen-bond donors (Lipinski definition) is 2. The van der Waals surface area contributed by atoms with Crippen LogP contribution in [-0.2, 0) is 14.3 Å². The molecule has 5 nitrogen and oxygen atoms in total. The number of carbonyl (C=O) groups excluding carboxylic acids is 1. The molecule has 1 saturated carbocycles. The van der Waals surface area contributed by atoms with Crippen LogP contribution >= 0.6 is 0 Å². The van der Waals surface area contributed by atoms with Gasteiger partial charge in [0, 0.05) is 13.2 Å². The van der Waals surface area contributed by atoms with E-state index in [9.17, 15) is 9.59 Å². The molecule has 2 fully saturated rings. The third kappa shape index (κ3) is 3.22. The van der Waals surface area contributed by atoms with E-state index >= 15 is 0 Å². The molecule has 0 aromatic rings. The Morgan fingerprint density at radius 3 is 2.50 bits per heavy atom. The van der Waals surface area contributed by atoms with Gasteiger partial charge in [0.25, 0.3) is 0 Å². The van der Waals surface area contributed by atoms with Gasteiger partial charge in [0.2, 0.25) is 5.91 Å². The summed E-state index contributed by atoms with van der Waals surface area (Å²) in [4.78, 5) is 22.6. The molecule has 0 aromatic heterocycles. The quantitative estimate of drug-likeness (QED) is 0.773. The van der Waals surface area contributed by atoms with Crippen LogP contribution in [0, 0.1) is 11.8 Å². The lowest BCUT2D eigenvalue weighted by Crippen LogP contribution is -2.44. The SMILES string of the molecule is O=C(O)C1CCC1C(=O)NCCC1CCCCO1. The average Bonchev–Trinajstić information content (AvgIpc) is 2.28. The van der Waals surface area contributed by atoms with Gasteiger partial charge in [-0.15, -0.1) is 0 Å². The standard InChI is InChI=1S/C13H21NO4/c15-12(10-4-5-11(10)13(16)17)14-7-6-9-3-1-2-8-18-9/h9-11H,1-8H2,(H,14,15)(H,16,17). The Kier molecular flexibility index (Phi) is 4.58. The molecule has 1 heterocycles. The van der Waals surface area contributed by atoms with Gasteiger partial charge in [0.05, 0.1) is 17.9 Å². The van der Waals surface area contributed by atoms with Crippen molar-refractivity contribution in [3.63, 3.8) is 0 Å². The number of carboxylic acid groups (broad SMARTS) is 1. The van der Waals surface area contributed by atoms with Crippen molar-refractivity contribution in [3.8, 4) is 0 Å². The van der Waals surface area contributed by atoms with Gasteiger partial charge in [0.1, 0.15) is 0 Å². The molecule has 0 aromatic carbocycles. The molecule has 102 valence electrons. The van der Waals surface area contributed by atoms with Gasteiger partial charge < -0.3 is 15.2 Å². The molecule has 2 N–H and O–H groups in total. The topological polar surface area (TPSA) is 75.6 Å². The van der Waals surface area contributed by atoms with Gasteiger partial charge in [0.15, 0.2) is 0 Å². The van der Waals surface area contributed by atoms with Gasteiger partial charge in [-0.3, -0.25) is 9.59 Å². The van der Waals surface area contributed by atoms with Crippen molar-refractivity contribution in [2.75, 3.05) is 13.2 Å². The summed E-state index contributed by atoms with van der Waals surface area (Å²) in [6.45, 7) is 1.41. The van der Waals surface area contributed by atoms with Crippen LogP contribution in [0.25, 0.3) is 0 Å². The normalized spacial score (nSPS) is 31.4. The summed E-state index contributed by atoms with van der Waals surface area (Å²) in [6, 6.07) is 0. The van der Waals surface area contributed by atoms with E-state index in [1.807, 2.05) is 0 Å². The second kappa shape index (κ2) is 6.18. The number of nitrogens with one attached hydrogen (secondary N) is 1. The Morgan fingerprint density at radius 2 is 1.94 bits per heavy atom. The second-order valence-electron chi connectivity index (χ2n) is 5.20. The zero-order valence-electron chi connectivity index (χ0n) is 10.6. The molecule has 1 aliphatic heterocycles. The molecule has 0 bridgehead atoms. The predicted octanol–water partition coefficient (Wildman–Crippen LogP) is 1.17. The fraction of sp³-hybridized carbons (Fsp3) is 0.846. The summed E-state index contributed by atoms with van der Waals surface area (Å²) in [5.74, 6) is -1.76. The van der Waals surface area contributed by atoms with Crippen LogP contribution in [0.15, 0.2) is 0 Å². The van der Waals surface area contributed by atoms with Gasteiger partial charge in [-0.1, -0.05) is 0 Å². The van der Waals surface area contributed by atoms with Crippen LogP contribution in [0.1, 0.15) is 38.5 Å². The molecule has 3 atom stereocenters. The van der Waals surface area contributed by atoms with E-state index in [-0.39, 0.29) is 17.9 Å². The molecule has 5 heteroatoms. The van der Waals surface area contributed by atoms with E-state index < -0.39 is 11.9 Å². The first kappa shape index (κ1) is 13.3. The first-order chi connectivity index (χ1) is 8.68. The monoisotopic (exact) mass is 255 g/mol. The van der Waals surface area contributed by atoms with Crippen molar-refractivity contribution in [2.45, 2.75) is 44.6 Å². The smallest absolute Gasteiger partial charge is 0.307 e. The van der Waals surface area contributed by atoms with Crippen molar-refractivity contribution < 1.29 is 19.4 Å². The Bertz CT molecular complexity index is 312. The Labute approximate surface area is 107 Å². The fourth-order valence-electron chi connectivity index (χ4n) is 2.63. The molecule has 2 rings (SSSR count). The molecule has 18 heavy (non-hydrogen) atoms. The van der Waals surface area contributed by atoms with E-state index in [1.54, 1.807) is 0 Å². The number of rotatable bonds is 5. The minimum Gasteiger partial charge on any atom is -0.481 e. The summed E-state index contributed by atoms with van der Waals surface area (Å²) in [5.41, 5.74) is 0. The van der Waals surface area contributed by atoms with Crippen molar-refractivity contribution in [1.82, 2.24) is 5.32 Å². The van der Waals surface area contributed by atoms with Crippen molar-refractivity contribution >= 4 is 11.9 Å². The van der Waals surface area contributed by atoms with Gasteiger partial charge in [-0.2, -0.15) is 0 Å².